The SMILES string of the molecule is Ic1c(-c2ccccc2)n2c3ccccc3nc2c2ccccc12. The van der Waals surface area contributed by atoms with E-state index >= 15 is 0 Å². The zero-order valence-corrected chi connectivity index (χ0v) is 14.9. The molecule has 0 saturated heterocycles. The molecule has 0 saturated carbocycles. The Morgan fingerprint density at radius 2 is 1.38 bits per heavy atom. The molecule has 2 nitrogen and oxygen atoms in total. The van der Waals surface area contributed by atoms with Gasteiger partial charge in [0.2, 0.25) is 0 Å². The molecule has 0 amide bonds. The first-order valence-electron chi connectivity index (χ1n) is 7.87. The predicted octanol–water partition coefficient (Wildman–Crippen LogP) is 5.91. The summed E-state index contributed by atoms with van der Waals surface area (Å²) in [5.74, 6) is 0. The van der Waals surface area contributed by atoms with E-state index in [0.29, 0.717) is 0 Å². The highest BCUT2D eigenvalue weighted by Crippen LogP contribution is 2.36. The summed E-state index contributed by atoms with van der Waals surface area (Å²) in [4.78, 5) is 4.93. The normalized spacial score (nSPS) is 11.5. The molecule has 0 aliphatic carbocycles. The van der Waals surface area contributed by atoms with E-state index in [1.54, 1.807) is 0 Å². The van der Waals surface area contributed by atoms with Gasteiger partial charge in [0, 0.05) is 14.3 Å². The summed E-state index contributed by atoms with van der Waals surface area (Å²) in [7, 11) is 0. The second kappa shape index (κ2) is 5.31. The molecule has 2 aromatic heterocycles. The predicted molar refractivity (Wildman–Crippen MR) is 108 cm³/mol. The topological polar surface area (TPSA) is 17.3 Å². The summed E-state index contributed by atoms with van der Waals surface area (Å²) in [6.45, 7) is 0. The standard InChI is InChI=1S/C21H13IN2/c22-19-15-10-4-5-11-16(15)21-23-17-12-6-7-13-18(17)24(21)20(19)14-8-2-1-3-9-14/h1-13H. The molecule has 114 valence electrons. The maximum atomic E-state index is 4.93. The van der Waals surface area contributed by atoms with Crippen LogP contribution >= 0.6 is 22.6 Å². The van der Waals surface area contributed by atoms with Crippen molar-refractivity contribution >= 4 is 50.0 Å². The van der Waals surface area contributed by atoms with E-state index in [1.807, 2.05) is 6.07 Å². The van der Waals surface area contributed by atoms with Crippen LogP contribution in [0.3, 0.4) is 0 Å². The van der Waals surface area contributed by atoms with Crippen LogP contribution in [0.15, 0.2) is 78.9 Å². The van der Waals surface area contributed by atoms with Crippen LogP contribution in [0.4, 0.5) is 0 Å². The molecule has 0 N–H and O–H groups in total. The lowest BCUT2D eigenvalue weighted by Crippen LogP contribution is -1.97. The molecule has 0 aliphatic heterocycles. The van der Waals surface area contributed by atoms with Crippen LogP contribution in [0, 0.1) is 3.57 Å². The second-order valence-corrected chi connectivity index (χ2v) is 6.91. The summed E-state index contributed by atoms with van der Waals surface area (Å²) in [5, 5.41) is 2.44. The lowest BCUT2D eigenvalue weighted by atomic mass is 10.1. The van der Waals surface area contributed by atoms with Gasteiger partial charge in [0.1, 0.15) is 5.65 Å². The van der Waals surface area contributed by atoms with Gasteiger partial charge < -0.3 is 0 Å². The Kier molecular flexibility index (Phi) is 3.10. The van der Waals surface area contributed by atoms with E-state index in [4.69, 9.17) is 4.98 Å². The molecule has 0 radical (unpaired) electrons. The highest BCUT2D eigenvalue weighted by molar-refractivity contribution is 14.1. The van der Waals surface area contributed by atoms with E-state index in [2.05, 4.69) is 99.8 Å². The second-order valence-electron chi connectivity index (χ2n) is 5.83. The number of rotatable bonds is 1. The van der Waals surface area contributed by atoms with E-state index in [1.165, 1.54) is 25.6 Å². The minimum atomic E-state index is 1.02. The van der Waals surface area contributed by atoms with Gasteiger partial charge in [0.25, 0.3) is 0 Å². The van der Waals surface area contributed by atoms with Crippen molar-refractivity contribution in [2.45, 2.75) is 0 Å². The monoisotopic (exact) mass is 420 g/mol. The Balaban J connectivity index is 2.11. The van der Waals surface area contributed by atoms with Crippen molar-refractivity contribution in [2.24, 2.45) is 0 Å². The molecule has 5 rings (SSSR count). The maximum absolute atomic E-state index is 4.93. The molecule has 3 aromatic carbocycles. The first kappa shape index (κ1) is 14.0. The van der Waals surface area contributed by atoms with Crippen molar-refractivity contribution in [2.75, 3.05) is 0 Å². The largest absolute Gasteiger partial charge is 0.291 e. The average Bonchev–Trinajstić information content (AvgIpc) is 3.03. The number of fused-ring (bicyclic) bond motifs is 5. The molecule has 0 fully saturated rings. The number of hydrogen-bond donors (Lipinski definition) is 0. The number of para-hydroxylation sites is 2. The highest BCUT2D eigenvalue weighted by Gasteiger charge is 2.17. The lowest BCUT2D eigenvalue weighted by Gasteiger charge is -2.13. The lowest BCUT2D eigenvalue weighted by molar-refractivity contribution is 1.24. The fourth-order valence-electron chi connectivity index (χ4n) is 3.38. The van der Waals surface area contributed by atoms with E-state index in [-0.39, 0.29) is 0 Å². The first-order chi connectivity index (χ1) is 11.8. The minimum absolute atomic E-state index is 1.02. The third kappa shape index (κ3) is 1.91. The molecule has 2 heterocycles. The van der Waals surface area contributed by atoms with Crippen LogP contribution in [-0.2, 0) is 0 Å². The summed E-state index contributed by atoms with van der Waals surface area (Å²) in [6.07, 6.45) is 0. The highest BCUT2D eigenvalue weighted by atomic mass is 127. The van der Waals surface area contributed by atoms with Gasteiger partial charge in [-0.25, -0.2) is 4.98 Å². The molecule has 0 aliphatic rings. The van der Waals surface area contributed by atoms with Crippen LogP contribution in [0.5, 0.6) is 0 Å². The number of halogens is 1. The van der Waals surface area contributed by atoms with Crippen molar-refractivity contribution in [1.29, 1.82) is 0 Å². The van der Waals surface area contributed by atoms with Crippen molar-refractivity contribution < 1.29 is 0 Å². The molecule has 3 heteroatoms. The van der Waals surface area contributed by atoms with Crippen LogP contribution in [0.2, 0.25) is 0 Å². The molecule has 0 spiro atoms. The third-order valence-electron chi connectivity index (χ3n) is 4.44. The summed E-state index contributed by atoms with van der Waals surface area (Å²) in [5.41, 5.74) is 5.61. The first-order valence-corrected chi connectivity index (χ1v) is 8.95. The van der Waals surface area contributed by atoms with Gasteiger partial charge in [-0.1, -0.05) is 66.7 Å². The number of imidazole rings is 1. The average molecular weight is 420 g/mol. The van der Waals surface area contributed by atoms with Crippen LogP contribution in [0.1, 0.15) is 0 Å². The van der Waals surface area contributed by atoms with Gasteiger partial charge in [-0.15, -0.1) is 0 Å². The fraction of sp³-hybridized carbons (Fsp3) is 0. The van der Waals surface area contributed by atoms with Crippen molar-refractivity contribution in [1.82, 2.24) is 9.38 Å². The van der Waals surface area contributed by atoms with E-state index in [0.717, 1.165) is 16.7 Å². The Bertz CT molecular complexity index is 1210. The van der Waals surface area contributed by atoms with Crippen molar-refractivity contribution in [3.63, 3.8) is 0 Å². The Labute approximate surface area is 152 Å². The van der Waals surface area contributed by atoms with E-state index in [9.17, 15) is 0 Å². The van der Waals surface area contributed by atoms with Crippen LogP contribution < -0.4 is 0 Å². The van der Waals surface area contributed by atoms with Crippen LogP contribution in [0.25, 0.3) is 38.7 Å². The van der Waals surface area contributed by atoms with Gasteiger partial charge in [0.05, 0.1) is 16.7 Å². The number of hydrogen-bond acceptors (Lipinski definition) is 1. The molecule has 0 bridgehead atoms. The molecule has 0 atom stereocenters. The van der Waals surface area contributed by atoms with Gasteiger partial charge >= 0.3 is 0 Å². The van der Waals surface area contributed by atoms with Gasteiger partial charge in [-0.05, 0) is 40.3 Å². The van der Waals surface area contributed by atoms with Gasteiger partial charge in [-0.3, -0.25) is 4.40 Å². The Morgan fingerprint density at radius 1 is 0.708 bits per heavy atom. The number of pyridine rings is 1. The smallest absolute Gasteiger partial charge is 0.146 e. The fourth-order valence-corrected chi connectivity index (χ4v) is 4.40. The van der Waals surface area contributed by atoms with Crippen molar-refractivity contribution in [3.05, 3.63) is 82.4 Å². The van der Waals surface area contributed by atoms with Gasteiger partial charge in [-0.2, -0.15) is 0 Å². The summed E-state index contributed by atoms with van der Waals surface area (Å²) < 4.78 is 3.56. The maximum Gasteiger partial charge on any atom is 0.146 e. The summed E-state index contributed by atoms with van der Waals surface area (Å²) in [6, 6.07) is 27.4. The Hall–Kier alpha value is -2.40. The Morgan fingerprint density at radius 3 is 2.21 bits per heavy atom. The zero-order valence-electron chi connectivity index (χ0n) is 12.8. The quantitative estimate of drug-likeness (QED) is 0.308. The van der Waals surface area contributed by atoms with Gasteiger partial charge in [0.15, 0.2) is 0 Å². The number of aromatic nitrogens is 2. The minimum Gasteiger partial charge on any atom is -0.291 e. The van der Waals surface area contributed by atoms with Crippen molar-refractivity contribution in [3.8, 4) is 11.3 Å². The zero-order chi connectivity index (χ0) is 16.1. The summed E-state index contributed by atoms with van der Waals surface area (Å²) >= 11 is 2.47. The number of nitrogens with zero attached hydrogens (tertiary/aromatic N) is 2. The molecule has 5 aromatic rings. The molecular formula is C21H13IN2. The third-order valence-corrected chi connectivity index (χ3v) is 5.54. The van der Waals surface area contributed by atoms with Crippen LogP contribution in [-0.4, -0.2) is 9.38 Å². The molecular weight excluding hydrogens is 407 g/mol. The number of benzene rings is 3. The molecule has 0 unspecified atom stereocenters. The van der Waals surface area contributed by atoms with E-state index < -0.39 is 0 Å². The molecule has 24 heavy (non-hydrogen) atoms.